The van der Waals surface area contributed by atoms with Crippen molar-refractivity contribution < 1.29 is 58.2 Å². The molecule has 3 N–H and O–H groups in total. The Morgan fingerprint density at radius 2 is 0.970 bits per heavy atom. The summed E-state index contributed by atoms with van der Waals surface area (Å²) in [4.78, 5) is 50.7. The summed E-state index contributed by atoms with van der Waals surface area (Å²) in [5.74, 6) is -3.22. The highest BCUT2D eigenvalue weighted by atomic mass is 16.7. The third-order valence-electron chi connectivity index (χ3n) is 11.3. The standard InChI is InChI=1S/C55H90O12/c1-4-7-10-13-16-19-21-22-23-24-25-26-28-30-32-35-38-41-47(56)63-44-46(65-48(57)42-39-36-33-29-18-15-12-9-6-3)45-64-55-53(51(60)50(59)52(67-55)54(61)62)66-49(58)43-40-37-34-31-27-20-17-14-11-8-5-2/h7,10,14,16-17,19,22-23,25-26,30,32,46,50-53,55,59-60H,4-6,8-9,11-13,15,18,20-21,24,27-29,31,33-45H2,1-3H3,(H,61,62)/b10-7-,17-14-,19-16-,23-22-,26-25-,32-30-. The second-order valence-electron chi connectivity index (χ2n) is 17.4. The van der Waals surface area contributed by atoms with Crippen molar-refractivity contribution in [2.75, 3.05) is 13.2 Å². The number of unbranched alkanes of at least 4 members (excludes halogenated alkanes) is 16. The summed E-state index contributed by atoms with van der Waals surface area (Å²) in [5.41, 5.74) is 0. The molecule has 0 spiro atoms. The Bertz CT molecular complexity index is 1450. The smallest absolute Gasteiger partial charge is 0.335 e. The first-order valence-electron chi connectivity index (χ1n) is 25.9. The van der Waals surface area contributed by atoms with E-state index in [0.29, 0.717) is 25.7 Å². The lowest BCUT2D eigenvalue weighted by atomic mass is 9.98. The van der Waals surface area contributed by atoms with Crippen molar-refractivity contribution in [1.29, 1.82) is 0 Å². The Kier molecular flexibility index (Phi) is 39.7. The molecule has 12 heteroatoms. The van der Waals surface area contributed by atoms with Gasteiger partial charge in [-0.2, -0.15) is 0 Å². The third kappa shape index (κ3) is 34.2. The van der Waals surface area contributed by atoms with Crippen LogP contribution >= 0.6 is 0 Å². The SMILES string of the molecule is CC/C=C\C/C=C\C/C=C\C/C=C\C/C=C\CCCC(=O)OCC(COC1OC(C(=O)O)C(O)C(O)C1OC(=O)CCCCCCC/C=C\CCCC)OC(=O)CCCCCCCCCCC. The van der Waals surface area contributed by atoms with E-state index in [1.807, 2.05) is 6.08 Å². The molecule has 1 heterocycles. The summed E-state index contributed by atoms with van der Waals surface area (Å²) >= 11 is 0. The van der Waals surface area contributed by atoms with Gasteiger partial charge in [0.15, 0.2) is 24.6 Å². The van der Waals surface area contributed by atoms with Crippen molar-refractivity contribution in [2.45, 2.75) is 237 Å². The number of carbonyl (C=O) groups excluding carboxylic acids is 3. The molecule has 1 rings (SSSR count). The first kappa shape index (κ1) is 61.2. The van der Waals surface area contributed by atoms with E-state index in [1.54, 1.807) is 0 Å². The maximum Gasteiger partial charge on any atom is 0.335 e. The van der Waals surface area contributed by atoms with Gasteiger partial charge in [0.25, 0.3) is 0 Å². The molecule has 0 bridgehead atoms. The largest absolute Gasteiger partial charge is 0.479 e. The van der Waals surface area contributed by atoms with Crippen LogP contribution in [-0.2, 0) is 42.9 Å². The number of aliphatic hydroxyl groups is 2. The number of carbonyl (C=O) groups is 4. The molecule has 0 saturated carbocycles. The van der Waals surface area contributed by atoms with E-state index in [-0.39, 0.29) is 25.9 Å². The highest BCUT2D eigenvalue weighted by Gasteiger charge is 2.50. The quantitative estimate of drug-likeness (QED) is 0.0229. The number of aliphatic hydroxyl groups excluding tert-OH is 2. The maximum absolute atomic E-state index is 13.0. The van der Waals surface area contributed by atoms with E-state index in [1.165, 1.54) is 44.9 Å². The lowest BCUT2D eigenvalue weighted by molar-refractivity contribution is -0.301. The van der Waals surface area contributed by atoms with Crippen LogP contribution < -0.4 is 0 Å². The monoisotopic (exact) mass is 943 g/mol. The average molecular weight is 943 g/mol. The number of esters is 3. The van der Waals surface area contributed by atoms with Gasteiger partial charge in [0.2, 0.25) is 0 Å². The average Bonchev–Trinajstić information content (AvgIpc) is 3.31. The summed E-state index contributed by atoms with van der Waals surface area (Å²) in [6.45, 7) is 5.72. The van der Waals surface area contributed by atoms with Crippen LogP contribution in [0.25, 0.3) is 0 Å². The molecule has 12 nitrogen and oxygen atoms in total. The molecule has 0 aromatic rings. The normalized spacial score (nSPS) is 19.4. The van der Waals surface area contributed by atoms with Crippen LogP contribution in [0.5, 0.6) is 0 Å². The van der Waals surface area contributed by atoms with Crippen LogP contribution in [0.2, 0.25) is 0 Å². The molecule has 0 amide bonds. The van der Waals surface area contributed by atoms with Crippen molar-refractivity contribution in [3.8, 4) is 0 Å². The molecule has 1 fully saturated rings. The van der Waals surface area contributed by atoms with E-state index in [9.17, 15) is 34.5 Å². The third-order valence-corrected chi connectivity index (χ3v) is 11.3. The number of rotatable bonds is 42. The number of aliphatic carboxylic acids is 1. The minimum absolute atomic E-state index is 0.0431. The highest BCUT2D eigenvalue weighted by molar-refractivity contribution is 5.74. The van der Waals surface area contributed by atoms with Gasteiger partial charge in [0.05, 0.1) is 6.61 Å². The molecular formula is C55H90O12. The number of hydrogen-bond acceptors (Lipinski definition) is 11. The van der Waals surface area contributed by atoms with Gasteiger partial charge in [-0.15, -0.1) is 0 Å². The summed E-state index contributed by atoms with van der Waals surface area (Å²) in [6, 6.07) is 0. The van der Waals surface area contributed by atoms with Gasteiger partial charge in [-0.25, -0.2) is 4.79 Å². The van der Waals surface area contributed by atoms with Gasteiger partial charge in [-0.3, -0.25) is 14.4 Å². The van der Waals surface area contributed by atoms with Crippen LogP contribution in [0.3, 0.4) is 0 Å². The van der Waals surface area contributed by atoms with E-state index in [2.05, 4.69) is 87.6 Å². The molecule has 382 valence electrons. The van der Waals surface area contributed by atoms with Gasteiger partial charge in [-0.1, -0.05) is 177 Å². The van der Waals surface area contributed by atoms with E-state index >= 15 is 0 Å². The summed E-state index contributed by atoms with van der Waals surface area (Å²) < 4.78 is 28.2. The minimum Gasteiger partial charge on any atom is -0.479 e. The fourth-order valence-corrected chi connectivity index (χ4v) is 7.26. The second-order valence-corrected chi connectivity index (χ2v) is 17.4. The molecule has 0 aromatic heterocycles. The topological polar surface area (TPSA) is 175 Å². The first-order chi connectivity index (χ1) is 32.6. The van der Waals surface area contributed by atoms with Gasteiger partial charge < -0.3 is 39.0 Å². The fourth-order valence-electron chi connectivity index (χ4n) is 7.26. The molecule has 1 saturated heterocycles. The number of carboxylic acid groups (broad SMARTS) is 1. The predicted molar refractivity (Wildman–Crippen MR) is 266 cm³/mol. The zero-order valence-electron chi connectivity index (χ0n) is 41.6. The fraction of sp³-hybridized carbons (Fsp3) is 0.709. The van der Waals surface area contributed by atoms with Crippen LogP contribution in [0, 0.1) is 0 Å². The van der Waals surface area contributed by atoms with E-state index in [4.69, 9.17) is 23.7 Å². The molecular weight excluding hydrogens is 853 g/mol. The number of carboxylic acids is 1. The van der Waals surface area contributed by atoms with Crippen molar-refractivity contribution >= 4 is 23.9 Å². The zero-order valence-corrected chi connectivity index (χ0v) is 41.6. The van der Waals surface area contributed by atoms with Crippen molar-refractivity contribution in [3.63, 3.8) is 0 Å². The van der Waals surface area contributed by atoms with Crippen LogP contribution in [0.4, 0.5) is 0 Å². The molecule has 6 atom stereocenters. The number of ether oxygens (including phenoxy) is 5. The Labute approximate surface area is 404 Å². The molecule has 1 aliphatic heterocycles. The molecule has 0 aliphatic carbocycles. The van der Waals surface area contributed by atoms with Gasteiger partial charge in [0, 0.05) is 19.3 Å². The van der Waals surface area contributed by atoms with Crippen molar-refractivity contribution in [2.24, 2.45) is 0 Å². The Hall–Kier alpha value is -3.84. The lowest BCUT2D eigenvalue weighted by Crippen LogP contribution is -2.61. The molecule has 1 aliphatic rings. The first-order valence-corrected chi connectivity index (χ1v) is 25.9. The van der Waals surface area contributed by atoms with E-state index < -0.39 is 67.3 Å². The second kappa shape index (κ2) is 43.4. The highest BCUT2D eigenvalue weighted by Crippen LogP contribution is 2.26. The lowest BCUT2D eigenvalue weighted by Gasteiger charge is -2.40. The Morgan fingerprint density at radius 3 is 1.54 bits per heavy atom. The maximum atomic E-state index is 13.0. The zero-order chi connectivity index (χ0) is 49.0. The van der Waals surface area contributed by atoms with E-state index in [0.717, 1.165) is 89.9 Å². The van der Waals surface area contributed by atoms with Gasteiger partial charge in [-0.05, 0) is 77.0 Å². The van der Waals surface area contributed by atoms with Crippen LogP contribution in [0.1, 0.15) is 201 Å². The van der Waals surface area contributed by atoms with Gasteiger partial charge in [0.1, 0.15) is 18.8 Å². The minimum atomic E-state index is -1.91. The predicted octanol–water partition coefficient (Wildman–Crippen LogP) is 12.2. The molecule has 67 heavy (non-hydrogen) atoms. The summed E-state index contributed by atoms with van der Waals surface area (Å²) in [5, 5.41) is 31.3. The molecule has 6 unspecified atom stereocenters. The Morgan fingerprint density at radius 1 is 0.507 bits per heavy atom. The summed E-state index contributed by atoms with van der Waals surface area (Å²) in [7, 11) is 0. The molecule has 0 aromatic carbocycles. The van der Waals surface area contributed by atoms with Crippen molar-refractivity contribution in [3.05, 3.63) is 72.9 Å². The Balaban J connectivity index is 2.75. The van der Waals surface area contributed by atoms with Crippen molar-refractivity contribution in [1.82, 2.24) is 0 Å². The van der Waals surface area contributed by atoms with Gasteiger partial charge >= 0.3 is 23.9 Å². The van der Waals surface area contributed by atoms with Crippen LogP contribution in [0.15, 0.2) is 72.9 Å². The van der Waals surface area contributed by atoms with Crippen LogP contribution in [-0.4, -0.2) is 89.2 Å². The number of allylic oxidation sites excluding steroid dienone is 12. The number of hydrogen-bond donors (Lipinski definition) is 3. The summed E-state index contributed by atoms with van der Waals surface area (Å²) in [6.07, 6.45) is 40.6. The molecule has 0 radical (unpaired) electrons.